The fraction of sp³-hybridized carbons (Fsp3) is 0.381. The molecule has 4 nitrogen and oxygen atoms in total. The lowest BCUT2D eigenvalue weighted by Gasteiger charge is -2.14. The number of thioether (sulfide) groups is 1. The molecule has 0 aromatic heterocycles. The summed E-state index contributed by atoms with van der Waals surface area (Å²) in [5.41, 5.74) is 1.11. The fourth-order valence-corrected chi connectivity index (χ4v) is 3.65. The lowest BCUT2D eigenvalue weighted by molar-refractivity contribution is -0.120. The first-order valence-electron chi connectivity index (χ1n) is 9.12. The van der Waals surface area contributed by atoms with Crippen molar-refractivity contribution in [2.45, 2.75) is 37.3 Å². The van der Waals surface area contributed by atoms with Gasteiger partial charge in [0, 0.05) is 15.9 Å². The molecule has 2 aromatic carbocycles. The molecule has 1 unspecified atom stereocenters. The second kappa shape index (κ2) is 11.2. The number of carbonyl (C=O) groups is 1. The Labute approximate surface area is 174 Å². The van der Waals surface area contributed by atoms with Crippen LogP contribution < -0.4 is 14.8 Å². The zero-order valence-electron chi connectivity index (χ0n) is 16.0. The molecule has 0 radical (unpaired) electrons. The molecule has 0 heterocycles. The van der Waals surface area contributed by atoms with E-state index in [1.807, 2.05) is 63.2 Å². The van der Waals surface area contributed by atoms with Crippen LogP contribution in [0.5, 0.6) is 11.5 Å². The highest BCUT2D eigenvalue weighted by Crippen LogP contribution is 2.29. The van der Waals surface area contributed by atoms with Crippen LogP contribution in [0.2, 0.25) is 0 Å². The molecule has 2 aromatic rings. The minimum atomic E-state index is -0.148. The summed E-state index contributed by atoms with van der Waals surface area (Å²) in [5.74, 6) is 1.55. The van der Waals surface area contributed by atoms with Gasteiger partial charge in [-0.25, -0.2) is 0 Å². The van der Waals surface area contributed by atoms with Crippen LogP contribution in [-0.2, 0) is 11.2 Å². The summed E-state index contributed by atoms with van der Waals surface area (Å²) < 4.78 is 12.3. The van der Waals surface area contributed by atoms with Crippen LogP contribution in [-0.4, -0.2) is 30.9 Å². The highest BCUT2D eigenvalue weighted by molar-refractivity contribution is 9.10. The third-order valence-corrected chi connectivity index (χ3v) is 5.46. The number of rotatable bonds is 10. The number of halogens is 1. The summed E-state index contributed by atoms with van der Waals surface area (Å²) in [6, 6.07) is 13.9. The molecule has 1 N–H and O–H groups in total. The van der Waals surface area contributed by atoms with Gasteiger partial charge in [-0.2, -0.15) is 0 Å². The average molecular weight is 452 g/mol. The highest BCUT2D eigenvalue weighted by atomic mass is 79.9. The maximum atomic E-state index is 12.3. The lowest BCUT2D eigenvalue weighted by Crippen LogP contribution is -2.32. The molecule has 0 spiro atoms. The van der Waals surface area contributed by atoms with Crippen LogP contribution in [0.1, 0.15) is 26.3 Å². The van der Waals surface area contributed by atoms with Crippen LogP contribution in [0.15, 0.2) is 51.8 Å². The first-order valence-corrected chi connectivity index (χ1v) is 10.8. The molecule has 1 amide bonds. The first kappa shape index (κ1) is 21.6. The number of benzene rings is 2. The van der Waals surface area contributed by atoms with E-state index < -0.39 is 0 Å². The minimum Gasteiger partial charge on any atom is -0.490 e. The second-order valence-corrected chi connectivity index (χ2v) is 8.23. The standard InChI is InChI=1S/C21H26BrNO3S/c1-4-25-19-11-6-16(14-20(19)26-5-2)12-13-23-21(24)15(3)27-18-9-7-17(22)8-10-18/h6-11,14-15H,4-5,12-13H2,1-3H3,(H,23,24). The Morgan fingerprint density at radius 3 is 2.41 bits per heavy atom. The fourth-order valence-electron chi connectivity index (χ4n) is 2.50. The smallest absolute Gasteiger partial charge is 0.233 e. The van der Waals surface area contributed by atoms with Crippen molar-refractivity contribution in [3.05, 3.63) is 52.5 Å². The monoisotopic (exact) mass is 451 g/mol. The van der Waals surface area contributed by atoms with Gasteiger partial charge in [-0.3, -0.25) is 4.79 Å². The Bertz CT molecular complexity index is 737. The SMILES string of the molecule is CCOc1ccc(CCNC(=O)C(C)Sc2ccc(Br)cc2)cc1OCC. The van der Waals surface area contributed by atoms with Crippen LogP contribution >= 0.6 is 27.7 Å². The van der Waals surface area contributed by atoms with E-state index >= 15 is 0 Å². The highest BCUT2D eigenvalue weighted by Gasteiger charge is 2.14. The van der Waals surface area contributed by atoms with E-state index in [0.717, 1.165) is 32.9 Å². The van der Waals surface area contributed by atoms with E-state index in [9.17, 15) is 4.79 Å². The number of ether oxygens (including phenoxy) is 2. The predicted octanol–water partition coefficient (Wildman–Crippen LogP) is 5.09. The van der Waals surface area contributed by atoms with Gasteiger partial charge in [0.05, 0.1) is 18.5 Å². The van der Waals surface area contributed by atoms with E-state index in [2.05, 4.69) is 21.2 Å². The number of carbonyl (C=O) groups excluding carboxylic acids is 1. The van der Waals surface area contributed by atoms with Gasteiger partial charge in [0.25, 0.3) is 0 Å². The van der Waals surface area contributed by atoms with E-state index in [1.54, 1.807) is 11.8 Å². The van der Waals surface area contributed by atoms with E-state index in [0.29, 0.717) is 19.8 Å². The lowest BCUT2D eigenvalue weighted by atomic mass is 10.1. The maximum absolute atomic E-state index is 12.3. The maximum Gasteiger partial charge on any atom is 0.233 e. The van der Waals surface area contributed by atoms with Gasteiger partial charge in [0.2, 0.25) is 5.91 Å². The molecule has 0 aliphatic carbocycles. The van der Waals surface area contributed by atoms with Crippen molar-refractivity contribution >= 4 is 33.6 Å². The quantitative estimate of drug-likeness (QED) is 0.511. The van der Waals surface area contributed by atoms with Crippen molar-refractivity contribution < 1.29 is 14.3 Å². The number of hydrogen-bond acceptors (Lipinski definition) is 4. The molecular weight excluding hydrogens is 426 g/mol. The van der Waals surface area contributed by atoms with Gasteiger partial charge < -0.3 is 14.8 Å². The Morgan fingerprint density at radius 1 is 1.07 bits per heavy atom. The Morgan fingerprint density at radius 2 is 1.74 bits per heavy atom. The van der Waals surface area contributed by atoms with Crippen molar-refractivity contribution in [1.82, 2.24) is 5.32 Å². The summed E-state index contributed by atoms with van der Waals surface area (Å²) >= 11 is 4.97. The van der Waals surface area contributed by atoms with Gasteiger partial charge >= 0.3 is 0 Å². The van der Waals surface area contributed by atoms with Gasteiger partial charge in [-0.15, -0.1) is 11.8 Å². The van der Waals surface area contributed by atoms with Crippen LogP contribution in [0.25, 0.3) is 0 Å². The molecule has 0 saturated carbocycles. The topological polar surface area (TPSA) is 47.6 Å². The van der Waals surface area contributed by atoms with Gasteiger partial charge in [0.15, 0.2) is 11.5 Å². The van der Waals surface area contributed by atoms with E-state index in [-0.39, 0.29) is 11.2 Å². The van der Waals surface area contributed by atoms with Crippen molar-refractivity contribution in [2.75, 3.05) is 19.8 Å². The third kappa shape index (κ3) is 7.11. The summed E-state index contributed by atoms with van der Waals surface area (Å²) in [6.07, 6.45) is 0.744. The average Bonchev–Trinajstić information content (AvgIpc) is 2.66. The summed E-state index contributed by atoms with van der Waals surface area (Å²) in [4.78, 5) is 13.4. The Kier molecular flexibility index (Phi) is 9.01. The van der Waals surface area contributed by atoms with Crippen molar-refractivity contribution in [1.29, 1.82) is 0 Å². The summed E-state index contributed by atoms with van der Waals surface area (Å²) in [5, 5.41) is 2.86. The molecule has 0 aliphatic rings. The van der Waals surface area contributed by atoms with Crippen molar-refractivity contribution in [2.24, 2.45) is 0 Å². The van der Waals surface area contributed by atoms with Crippen molar-refractivity contribution in [3.63, 3.8) is 0 Å². The Balaban J connectivity index is 1.84. The number of amides is 1. The first-order chi connectivity index (χ1) is 13.0. The molecule has 0 bridgehead atoms. The largest absolute Gasteiger partial charge is 0.490 e. The molecule has 0 aliphatic heterocycles. The second-order valence-electron chi connectivity index (χ2n) is 5.90. The van der Waals surface area contributed by atoms with Gasteiger partial charge in [-0.05, 0) is 69.2 Å². The molecule has 0 saturated heterocycles. The van der Waals surface area contributed by atoms with Crippen molar-refractivity contribution in [3.8, 4) is 11.5 Å². The van der Waals surface area contributed by atoms with Gasteiger partial charge in [0.1, 0.15) is 0 Å². The number of nitrogens with one attached hydrogen (secondary N) is 1. The molecule has 146 valence electrons. The Hall–Kier alpha value is -1.66. The molecule has 2 rings (SSSR count). The van der Waals surface area contributed by atoms with Crippen LogP contribution in [0.4, 0.5) is 0 Å². The zero-order chi connectivity index (χ0) is 19.6. The predicted molar refractivity (Wildman–Crippen MR) is 115 cm³/mol. The minimum absolute atomic E-state index is 0.0406. The number of hydrogen-bond donors (Lipinski definition) is 1. The summed E-state index contributed by atoms with van der Waals surface area (Å²) in [6.45, 7) is 7.60. The molecule has 6 heteroatoms. The normalized spacial score (nSPS) is 11.7. The molecular formula is C21H26BrNO3S. The molecule has 27 heavy (non-hydrogen) atoms. The third-order valence-electron chi connectivity index (χ3n) is 3.82. The summed E-state index contributed by atoms with van der Waals surface area (Å²) in [7, 11) is 0. The van der Waals surface area contributed by atoms with Crippen LogP contribution in [0.3, 0.4) is 0 Å². The van der Waals surface area contributed by atoms with Crippen LogP contribution in [0, 0.1) is 0 Å². The van der Waals surface area contributed by atoms with Gasteiger partial charge in [-0.1, -0.05) is 22.0 Å². The van der Waals surface area contributed by atoms with E-state index in [1.165, 1.54) is 0 Å². The molecule has 1 atom stereocenters. The van der Waals surface area contributed by atoms with E-state index in [4.69, 9.17) is 9.47 Å². The molecule has 0 fully saturated rings. The zero-order valence-corrected chi connectivity index (χ0v) is 18.4.